The van der Waals surface area contributed by atoms with E-state index in [0.717, 1.165) is 11.1 Å². The van der Waals surface area contributed by atoms with Crippen LogP contribution in [0.25, 0.3) is 0 Å². The molecular formula is C34H45N3O12. The van der Waals surface area contributed by atoms with Crippen molar-refractivity contribution in [2.75, 3.05) is 27.2 Å². The Morgan fingerprint density at radius 3 is 2.57 bits per heavy atom. The molecule has 0 saturated carbocycles. The summed E-state index contributed by atoms with van der Waals surface area (Å²) in [5, 5.41) is 26.2. The summed E-state index contributed by atoms with van der Waals surface area (Å²) < 4.78 is 28.4. The number of carboxylic acids is 1. The number of piperidine rings is 1. The van der Waals surface area contributed by atoms with Crippen molar-refractivity contribution in [1.82, 2.24) is 15.5 Å². The maximum Gasteiger partial charge on any atom is 0.408 e. The zero-order valence-corrected chi connectivity index (χ0v) is 28.6. The number of carbonyl (C=O) groups excluding carboxylic acids is 4. The molecule has 1 aromatic rings. The van der Waals surface area contributed by atoms with Crippen molar-refractivity contribution in [3.63, 3.8) is 0 Å². The van der Waals surface area contributed by atoms with Gasteiger partial charge in [0.15, 0.2) is 23.7 Å². The minimum Gasteiger partial charge on any atom is -0.493 e. The first-order valence-corrected chi connectivity index (χ1v) is 16.4. The average Bonchev–Trinajstić information content (AvgIpc) is 3.37. The molecule has 4 aliphatic rings. The van der Waals surface area contributed by atoms with E-state index < -0.39 is 71.2 Å². The summed E-state index contributed by atoms with van der Waals surface area (Å²) in [5.74, 6) is -2.24. The third-order valence-electron chi connectivity index (χ3n) is 9.70. The lowest BCUT2D eigenvalue weighted by Crippen LogP contribution is -2.74. The Hall–Kier alpha value is -4.37. The molecule has 6 atom stereocenters. The first-order chi connectivity index (χ1) is 23.0. The van der Waals surface area contributed by atoms with Crippen LogP contribution in [0.3, 0.4) is 0 Å². The topological polar surface area (TPSA) is 199 Å². The number of amides is 2. The van der Waals surface area contributed by atoms with Gasteiger partial charge in [-0.25, -0.2) is 9.59 Å². The molecule has 2 aliphatic carbocycles. The van der Waals surface area contributed by atoms with E-state index in [9.17, 15) is 29.1 Å². The lowest BCUT2D eigenvalue weighted by Gasteiger charge is -2.61. The van der Waals surface area contributed by atoms with Crippen LogP contribution in [0.1, 0.15) is 70.9 Å². The van der Waals surface area contributed by atoms with Crippen LogP contribution in [0.5, 0.6) is 11.5 Å². The van der Waals surface area contributed by atoms with E-state index in [2.05, 4.69) is 15.5 Å². The first-order valence-electron chi connectivity index (χ1n) is 16.4. The highest BCUT2D eigenvalue weighted by molar-refractivity contribution is 5.86. The number of benzene rings is 1. The highest BCUT2D eigenvalue weighted by Gasteiger charge is 2.72. The van der Waals surface area contributed by atoms with E-state index in [1.54, 1.807) is 34.0 Å². The van der Waals surface area contributed by atoms with Gasteiger partial charge in [-0.15, -0.1) is 0 Å². The molecule has 4 N–H and O–H groups in total. The molecule has 1 fully saturated rings. The number of aliphatic hydroxyl groups is 1. The fraction of sp³-hybridized carbons (Fsp3) is 0.618. The van der Waals surface area contributed by atoms with Gasteiger partial charge in [-0.2, -0.15) is 0 Å². The predicted molar refractivity (Wildman–Crippen MR) is 171 cm³/mol. The molecule has 1 saturated heterocycles. The number of esters is 2. The van der Waals surface area contributed by atoms with Gasteiger partial charge in [0.05, 0.1) is 24.5 Å². The SMILES string of the molecule is COc1ccc2c3c1O[C@H]1C(OC(=O)[C@H](C)OC(=O)CCNC(=O)C(CCC(=O)O)NC(=O)OC(C)(C)C)=CC[C@@]4(O)[C@@H](C2)N(C)CC[C@]314. The minimum atomic E-state index is -1.31. The van der Waals surface area contributed by atoms with Crippen molar-refractivity contribution in [2.24, 2.45) is 0 Å². The Bertz CT molecular complexity index is 1550. The van der Waals surface area contributed by atoms with Crippen molar-refractivity contribution >= 4 is 29.9 Å². The van der Waals surface area contributed by atoms with Gasteiger partial charge in [0.1, 0.15) is 17.4 Å². The molecule has 49 heavy (non-hydrogen) atoms. The van der Waals surface area contributed by atoms with Crippen LogP contribution in [0.4, 0.5) is 4.79 Å². The standard InChI is InChI=1S/C34H45N3O12/c1-18(46-25(40)12-15-35-29(41)20(8-10-24(38)39)36-31(43)49-32(2,3)4)30(42)47-22-11-13-34(44)23-17-19-7-9-21(45-6)27-26(19)33(34,28(22)48-27)14-16-37(23)5/h7,9,11,18,20,23,28,44H,8,10,12-17H2,1-6H3,(H,35,41)(H,36,43)(H,38,39)/t18-,20?,23+,28-,33-,34+/m0/s1. The molecule has 15 heteroatoms. The summed E-state index contributed by atoms with van der Waals surface area (Å²) in [6.45, 7) is 6.77. The molecule has 2 aliphatic heterocycles. The molecule has 2 heterocycles. The number of alkyl carbamates (subject to hydrolysis) is 1. The second-order valence-electron chi connectivity index (χ2n) is 14.0. The lowest BCUT2D eigenvalue weighted by molar-refractivity contribution is -0.175. The number of carbonyl (C=O) groups is 5. The number of likely N-dealkylation sites (tertiary alicyclic amines) is 1. The summed E-state index contributed by atoms with van der Waals surface area (Å²) in [5.41, 5.74) is -0.949. The summed E-state index contributed by atoms with van der Waals surface area (Å²) in [6.07, 6.45) is -0.840. The molecule has 1 spiro atoms. The summed E-state index contributed by atoms with van der Waals surface area (Å²) >= 11 is 0. The molecule has 5 rings (SSSR count). The zero-order chi connectivity index (χ0) is 35.9. The third-order valence-corrected chi connectivity index (χ3v) is 9.70. The number of ether oxygens (including phenoxy) is 5. The Morgan fingerprint density at radius 2 is 1.90 bits per heavy atom. The largest absolute Gasteiger partial charge is 0.493 e. The van der Waals surface area contributed by atoms with Crippen molar-refractivity contribution < 1.29 is 57.9 Å². The lowest BCUT2D eigenvalue weighted by atomic mass is 9.50. The van der Waals surface area contributed by atoms with Gasteiger partial charge >= 0.3 is 24.0 Å². The normalized spacial score (nSPS) is 26.1. The van der Waals surface area contributed by atoms with Crippen molar-refractivity contribution in [1.29, 1.82) is 0 Å². The molecule has 268 valence electrons. The number of hydrogen-bond donors (Lipinski definition) is 4. The fourth-order valence-electron chi connectivity index (χ4n) is 7.49. The van der Waals surface area contributed by atoms with Gasteiger partial charge in [-0.05, 0) is 78.3 Å². The Labute approximate surface area is 284 Å². The maximum atomic E-state index is 13.2. The number of methoxy groups -OCH3 is 1. The number of likely N-dealkylation sites (N-methyl/N-ethyl adjacent to an activating group) is 1. The van der Waals surface area contributed by atoms with Crippen molar-refractivity contribution in [3.8, 4) is 11.5 Å². The number of carboxylic acid groups (broad SMARTS) is 1. The highest BCUT2D eigenvalue weighted by atomic mass is 16.6. The van der Waals surface area contributed by atoms with E-state index in [1.165, 1.54) is 6.92 Å². The molecule has 15 nitrogen and oxygen atoms in total. The van der Waals surface area contributed by atoms with E-state index in [0.29, 0.717) is 30.9 Å². The third kappa shape index (κ3) is 6.78. The molecule has 1 aromatic carbocycles. The van der Waals surface area contributed by atoms with E-state index >= 15 is 0 Å². The zero-order valence-electron chi connectivity index (χ0n) is 28.6. The molecular weight excluding hydrogens is 642 g/mol. The second-order valence-corrected chi connectivity index (χ2v) is 14.0. The Kier molecular flexibility index (Phi) is 9.90. The van der Waals surface area contributed by atoms with Crippen molar-refractivity contribution in [2.45, 2.75) is 107 Å². The van der Waals surface area contributed by atoms with Gasteiger partial charge in [0.25, 0.3) is 0 Å². The fourth-order valence-corrected chi connectivity index (χ4v) is 7.49. The smallest absolute Gasteiger partial charge is 0.408 e. The second kappa shape index (κ2) is 13.5. The van der Waals surface area contributed by atoms with Crippen LogP contribution in [0.15, 0.2) is 24.0 Å². The number of rotatable bonds is 12. The first kappa shape index (κ1) is 35.9. The van der Waals surface area contributed by atoms with Gasteiger partial charge in [0.2, 0.25) is 5.91 Å². The monoisotopic (exact) mass is 687 g/mol. The van der Waals surface area contributed by atoms with Gasteiger partial charge in [0, 0.05) is 31.0 Å². The van der Waals surface area contributed by atoms with E-state index in [-0.39, 0.29) is 37.6 Å². The van der Waals surface area contributed by atoms with Crippen LogP contribution in [-0.4, -0.2) is 108 Å². The van der Waals surface area contributed by atoms with Crippen LogP contribution in [0.2, 0.25) is 0 Å². The molecule has 2 bridgehead atoms. The molecule has 1 unspecified atom stereocenters. The van der Waals surface area contributed by atoms with Gasteiger partial charge in [-0.1, -0.05) is 6.07 Å². The van der Waals surface area contributed by atoms with Gasteiger partial charge in [-0.3, -0.25) is 14.4 Å². The highest BCUT2D eigenvalue weighted by Crippen LogP contribution is 2.65. The number of aliphatic carboxylic acids is 1. The number of nitrogens with zero attached hydrogens (tertiary/aromatic N) is 1. The predicted octanol–water partition coefficient (Wildman–Crippen LogP) is 1.71. The average molecular weight is 688 g/mol. The molecule has 0 aromatic heterocycles. The summed E-state index contributed by atoms with van der Waals surface area (Å²) in [6, 6.07) is 2.45. The number of nitrogens with one attached hydrogen (secondary N) is 2. The quantitative estimate of drug-likeness (QED) is 0.183. The number of hydrogen-bond acceptors (Lipinski definition) is 12. The van der Waals surface area contributed by atoms with E-state index in [1.807, 2.05) is 19.2 Å². The minimum absolute atomic E-state index is 0.173. The van der Waals surface area contributed by atoms with Crippen LogP contribution in [0, 0.1) is 0 Å². The summed E-state index contributed by atoms with van der Waals surface area (Å²) in [7, 11) is 3.54. The Balaban J connectivity index is 1.19. The van der Waals surface area contributed by atoms with Crippen LogP contribution in [-0.2, 0) is 45.2 Å². The van der Waals surface area contributed by atoms with Crippen LogP contribution >= 0.6 is 0 Å². The van der Waals surface area contributed by atoms with E-state index in [4.69, 9.17) is 28.8 Å². The Morgan fingerprint density at radius 1 is 1.16 bits per heavy atom. The maximum absolute atomic E-state index is 13.2. The van der Waals surface area contributed by atoms with Gasteiger partial charge < -0.3 is 49.4 Å². The molecule has 2 amide bonds. The molecule has 0 radical (unpaired) electrons. The van der Waals surface area contributed by atoms with Crippen molar-refractivity contribution in [3.05, 3.63) is 35.1 Å². The van der Waals surface area contributed by atoms with Crippen LogP contribution < -0.4 is 20.1 Å². The summed E-state index contributed by atoms with van der Waals surface area (Å²) in [4.78, 5) is 64.0.